The third-order valence-electron chi connectivity index (χ3n) is 3.70. The van der Waals surface area contributed by atoms with E-state index in [1.807, 2.05) is 12.1 Å². The molecule has 1 aromatic heterocycles. The molecule has 25 heavy (non-hydrogen) atoms. The van der Waals surface area contributed by atoms with Gasteiger partial charge in [0.25, 0.3) is 5.91 Å². The van der Waals surface area contributed by atoms with E-state index < -0.39 is 17.6 Å². The number of carbonyl (C=O) groups is 1. The van der Waals surface area contributed by atoms with Crippen molar-refractivity contribution >= 4 is 22.5 Å². The molecule has 0 aliphatic heterocycles. The summed E-state index contributed by atoms with van der Waals surface area (Å²) in [6, 6.07) is 13.0. The molecule has 128 valence electrons. The monoisotopic (exact) mass is 345 g/mol. The summed E-state index contributed by atoms with van der Waals surface area (Å²) >= 11 is 0. The van der Waals surface area contributed by atoms with Crippen LogP contribution in [0.3, 0.4) is 0 Å². The molecule has 0 unspecified atom stereocenters. The number of fused-ring (bicyclic) bond motifs is 1. The highest BCUT2D eigenvalue weighted by Crippen LogP contribution is 2.30. The standard InChI is InChI=1S/C18H14F3N3O/c19-18(20,21)12-5-8-13(9-6-12)24-17(25)15-3-1-2-11-4-7-14(10-22)23-16(11)15/h1-9H,10,22H2,(H,24,25). The maximum atomic E-state index is 12.6. The lowest BCUT2D eigenvalue weighted by Crippen LogP contribution is -2.13. The molecule has 3 N–H and O–H groups in total. The van der Waals surface area contributed by atoms with Crippen LogP contribution in [0.25, 0.3) is 10.9 Å². The number of hydrogen-bond donors (Lipinski definition) is 2. The van der Waals surface area contributed by atoms with Crippen LogP contribution in [0.5, 0.6) is 0 Å². The van der Waals surface area contributed by atoms with Gasteiger partial charge in [-0.25, -0.2) is 0 Å². The number of carbonyl (C=O) groups excluding carboxylic acids is 1. The summed E-state index contributed by atoms with van der Waals surface area (Å²) in [5, 5.41) is 3.36. The molecular formula is C18H14F3N3O. The Labute approximate surface area is 141 Å². The summed E-state index contributed by atoms with van der Waals surface area (Å²) in [7, 11) is 0. The molecule has 3 aromatic rings. The van der Waals surface area contributed by atoms with Crippen molar-refractivity contribution in [1.29, 1.82) is 0 Å². The number of pyridine rings is 1. The summed E-state index contributed by atoms with van der Waals surface area (Å²) < 4.78 is 37.8. The first-order valence-corrected chi connectivity index (χ1v) is 7.46. The number of aromatic nitrogens is 1. The topological polar surface area (TPSA) is 68.0 Å². The summed E-state index contributed by atoms with van der Waals surface area (Å²) in [6.45, 7) is 0.241. The van der Waals surface area contributed by atoms with Crippen molar-refractivity contribution in [3.63, 3.8) is 0 Å². The Kier molecular flexibility index (Phi) is 4.41. The van der Waals surface area contributed by atoms with Crippen molar-refractivity contribution in [3.8, 4) is 0 Å². The molecule has 2 aromatic carbocycles. The number of nitrogens with zero attached hydrogens (tertiary/aromatic N) is 1. The quantitative estimate of drug-likeness (QED) is 0.755. The number of hydrogen-bond acceptors (Lipinski definition) is 3. The van der Waals surface area contributed by atoms with Gasteiger partial charge in [-0.1, -0.05) is 18.2 Å². The zero-order chi connectivity index (χ0) is 18.0. The fourth-order valence-corrected chi connectivity index (χ4v) is 2.43. The normalized spacial score (nSPS) is 11.5. The first-order valence-electron chi connectivity index (χ1n) is 7.46. The van der Waals surface area contributed by atoms with Crippen molar-refractivity contribution in [1.82, 2.24) is 4.98 Å². The van der Waals surface area contributed by atoms with Crippen LogP contribution >= 0.6 is 0 Å². The maximum Gasteiger partial charge on any atom is 0.416 e. The van der Waals surface area contributed by atoms with E-state index in [2.05, 4.69) is 10.3 Å². The van der Waals surface area contributed by atoms with Gasteiger partial charge in [-0.2, -0.15) is 13.2 Å². The first-order chi connectivity index (χ1) is 11.9. The van der Waals surface area contributed by atoms with Gasteiger partial charge in [-0.05, 0) is 36.4 Å². The highest BCUT2D eigenvalue weighted by molar-refractivity contribution is 6.11. The van der Waals surface area contributed by atoms with E-state index in [4.69, 9.17) is 5.73 Å². The summed E-state index contributed by atoms with van der Waals surface area (Å²) in [5.41, 5.74) is 6.54. The first kappa shape index (κ1) is 16.9. The van der Waals surface area contributed by atoms with Crippen LogP contribution in [0.2, 0.25) is 0 Å². The van der Waals surface area contributed by atoms with E-state index in [1.165, 1.54) is 12.1 Å². The molecule has 0 radical (unpaired) electrons. The van der Waals surface area contributed by atoms with E-state index in [-0.39, 0.29) is 12.2 Å². The van der Waals surface area contributed by atoms with E-state index in [9.17, 15) is 18.0 Å². The Morgan fingerprint density at radius 2 is 1.76 bits per heavy atom. The molecule has 3 rings (SSSR count). The van der Waals surface area contributed by atoms with Crippen LogP contribution in [0, 0.1) is 0 Å². The number of benzene rings is 2. The zero-order valence-electron chi connectivity index (χ0n) is 13.0. The second-order valence-electron chi connectivity index (χ2n) is 5.41. The molecule has 0 saturated carbocycles. The molecule has 1 heterocycles. The molecule has 0 bridgehead atoms. The third-order valence-corrected chi connectivity index (χ3v) is 3.70. The number of amides is 1. The predicted octanol–water partition coefficient (Wildman–Crippen LogP) is 3.96. The molecule has 0 spiro atoms. The van der Waals surface area contributed by atoms with Crippen molar-refractivity contribution in [2.45, 2.75) is 12.7 Å². The van der Waals surface area contributed by atoms with Gasteiger partial charge < -0.3 is 11.1 Å². The largest absolute Gasteiger partial charge is 0.416 e. The Balaban J connectivity index is 1.90. The lowest BCUT2D eigenvalue weighted by Gasteiger charge is -2.10. The summed E-state index contributed by atoms with van der Waals surface area (Å²) in [6.07, 6.45) is -4.42. The Morgan fingerprint density at radius 3 is 2.40 bits per heavy atom. The summed E-state index contributed by atoms with van der Waals surface area (Å²) in [4.78, 5) is 16.9. The van der Waals surface area contributed by atoms with Crippen molar-refractivity contribution in [2.75, 3.05) is 5.32 Å². The number of nitrogens with two attached hydrogens (primary N) is 1. The second kappa shape index (κ2) is 6.52. The number of halogens is 3. The van der Waals surface area contributed by atoms with Gasteiger partial charge in [0, 0.05) is 17.6 Å². The SMILES string of the molecule is NCc1ccc2cccc(C(=O)Nc3ccc(C(F)(F)F)cc3)c2n1. The molecule has 0 aliphatic carbocycles. The lowest BCUT2D eigenvalue weighted by atomic mass is 10.1. The van der Waals surface area contributed by atoms with E-state index in [0.29, 0.717) is 16.8 Å². The maximum absolute atomic E-state index is 12.6. The molecule has 7 heteroatoms. The van der Waals surface area contributed by atoms with Crippen LogP contribution in [0.1, 0.15) is 21.6 Å². The van der Waals surface area contributed by atoms with Gasteiger partial charge >= 0.3 is 6.18 Å². The van der Waals surface area contributed by atoms with Gasteiger partial charge in [0.2, 0.25) is 0 Å². The number of rotatable bonds is 3. The number of para-hydroxylation sites is 1. The minimum Gasteiger partial charge on any atom is -0.325 e. The number of anilines is 1. The minimum absolute atomic E-state index is 0.241. The average Bonchev–Trinajstić information content (AvgIpc) is 2.60. The average molecular weight is 345 g/mol. The third kappa shape index (κ3) is 3.61. The molecule has 0 fully saturated rings. The number of alkyl halides is 3. The molecule has 0 saturated heterocycles. The fourth-order valence-electron chi connectivity index (χ4n) is 2.43. The van der Waals surface area contributed by atoms with Gasteiger partial charge in [-0.3, -0.25) is 9.78 Å². The van der Waals surface area contributed by atoms with Gasteiger partial charge in [0.05, 0.1) is 22.3 Å². The Morgan fingerprint density at radius 1 is 1.04 bits per heavy atom. The molecule has 4 nitrogen and oxygen atoms in total. The van der Waals surface area contributed by atoms with E-state index in [0.717, 1.165) is 17.5 Å². The van der Waals surface area contributed by atoms with Crippen molar-refractivity contribution in [2.24, 2.45) is 5.73 Å². The van der Waals surface area contributed by atoms with Gasteiger partial charge in [-0.15, -0.1) is 0 Å². The number of nitrogens with one attached hydrogen (secondary N) is 1. The van der Waals surface area contributed by atoms with Crippen LogP contribution < -0.4 is 11.1 Å². The summed E-state index contributed by atoms with van der Waals surface area (Å²) in [5.74, 6) is -0.452. The van der Waals surface area contributed by atoms with Crippen LogP contribution in [0.4, 0.5) is 18.9 Å². The molecule has 1 amide bonds. The molecule has 0 aliphatic rings. The van der Waals surface area contributed by atoms with Crippen LogP contribution in [-0.2, 0) is 12.7 Å². The van der Waals surface area contributed by atoms with Crippen LogP contribution in [-0.4, -0.2) is 10.9 Å². The van der Waals surface area contributed by atoms with Crippen LogP contribution in [0.15, 0.2) is 54.6 Å². The predicted molar refractivity (Wildman–Crippen MR) is 89.0 cm³/mol. The van der Waals surface area contributed by atoms with Gasteiger partial charge in [0.1, 0.15) is 0 Å². The Hall–Kier alpha value is -2.93. The van der Waals surface area contributed by atoms with Gasteiger partial charge in [0.15, 0.2) is 0 Å². The highest BCUT2D eigenvalue weighted by atomic mass is 19.4. The fraction of sp³-hybridized carbons (Fsp3) is 0.111. The minimum atomic E-state index is -4.42. The Bertz CT molecular complexity index is 921. The lowest BCUT2D eigenvalue weighted by molar-refractivity contribution is -0.137. The van der Waals surface area contributed by atoms with Crippen molar-refractivity contribution in [3.05, 3.63) is 71.4 Å². The zero-order valence-corrected chi connectivity index (χ0v) is 13.0. The highest BCUT2D eigenvalue weighted by Gasteiger charge is 2.30. The van der Waals surface area contributed by atoms with E-state index in [1.54, 1.807) is 18.2 Å². The molecular weight excluding hydrogens is 331 g/mol. The second-order valence-corrected chi connectivity index (χ2v) is 5.41. The van der Waals surface area contributed by atoms with Crippen molar-refractivity contribution < 1.29 is 18.0 Å². The molecule has 0 atom stereocenters. The smallest absolute Gasteiger partial charge is 0.325 e. The van der Waals surface area contributed by atoms with E-state index >= 15 is 0 Å².